The zero-order valence-electron chi connectivity index (χ0n) is 34.6. The van der Waals surface area contributed by atoms with E-state index in [1.165, 1.54) is 85.4 Å². The number of para-hydroxylation sites is 1. The van der Waals surface area contributed by atoms with Gasteiger partial charge in [-0.1, -0.05) is 152 Å². The molecule has 0 fully saturated rings. The molecule has 0 amide bonds. The lowest BCUT2D eigenvalue weighted by Gasteiger charge is -2.42. The standard InChI is InChI=1S/C60H42N2S/c1-6-19-43(20-7-1)45-33-36-58-54(39-45)55-40-46(44-21-8-2-9-22-44)34-37-59(55)62(58)48-35-38-60-56(42-48)53-31-16-17-32-57(53)61(60)47-23-18-30-52(41-47)63(49-24-10-3-11-25-49,50-26-12-4-13-27-50)51-28-14-5-15-29-51/h1-42H. The SMILES string of the molecule is c1ccc(-c2ccc3c(c2)c2cc(-c4ccccc4)ccc2n3-c2ccc3c(c2)c2ccccc2n3-c2cccc(S(c3ccccc3)(c3ccccc3)c3ccccc3)c2)cc1. The van der Waals surface area contributed by atoms with E-state index in [1.54, 1.807) is 0 Å². The summed E-state index contributed by atoms with van der Waals surface area (Å²) in [7, 11) is -1.87. The topological polar surface area (TPSA) is 9.86 Å². The van der Waals surface area contributed by atoms with Gasteiger partial charge in [-0.3, -0.25) is 0 Å². The van der Waals surface area contributed by atoms with Gasteiger partial charge in [-0.05, 0) is 125 Å². The lowest BCUT2D eigenvalue weighted by molar-refractivity contribution is 1.14. The zero-order valence-corrected chi connectivity index (χ0v) is 35.4. The van der Waals surface area contributed by atoms with Gasteiger partial charge in [-0.15, -0.1) is 10.0 Å². The highest BCUT2D eigenvalue weighted by Gasteiger charge is 2.33. The lowest BCUT2D eigenvalue weighted by Crippen LogP contribution is -2.06. The minimum Gasteiger partial charge on any atom is -0.309 e. The smallest absolute Gasteiger partial charge is 0.0542 e. The Morgan fingerprint density at radius 3 is 1.11 bits per heavy atom. The van der Waals surface area contributed by atoms with Crippen LogP contribution in [0.1, 0.15) is 0 Å². The summed E-state index contributed by atoms with van der Waals surface area (Å²) in [6.45, 7) is 0. The van der Waals surface area contributed by atoms with Gasteiger partial charge < -0.3 is 9.13 Å². The summed E-state index contributed by atoms with van der Waals surface area (Å²) >= 11 is 0. The van der Waals surface area contributed by atoms with Crippen molar-refractivity contribution in [1.82, 2.24) is 9.13 Å². The molecule has 0 unspecified atom stereocenters. The van der Waals surface area contributed by atoms with E-state index in [0.717, 1.165) is 11.4 Å². The Morgan fingerprint density at radius 1 is 0.222 bits per heavy atom. The van der Waals surface area contributed by atoms with Crippen LogP contribution in [0, 0.1) is 0 Å². The summed E-state index contributed by atoms with van der Waals surface area (Å²) in [5, 5.41) is 4.93. The van der Waals surface area contributed by atoms with Crippen LogP contribution in [0.15, 0.2) is 274 Å². The van der Waals surface area contributed by atoms with Gasteiger partial charge in [-0.25, -0.2) is 0 Å². The van der Waals surface area contributed by atoms with Crippen molar-refractivity contribution in [2.75, 3.05) is 0 Å². The average Bonchev–Trinajstić information content (AvgIpc) is 3.87. The molecular weight excluding hydrogens is 781 g/mol. The maximum atomic E-state index is 2.47. The molecule has 2 aromatic heterocycles. The number of aromatic nitrogens is 2. The van der Waals surface area contributed by atoms with Crippen LogP contribution in [0.25, 0.3) is 77.2 Å². The van der Waals surface area contributed by atoms with Crippen LogP contribution in [0.2, 0.25) is 0 Å². The fourth-order valence-corrected chi connectivity index (χ4v) is 13.7. The fourth-order valence-electron chi connectivity index (χ4n) is 9.80. The van der Waals surface area contributed by atoms with Crippen LogP contribution in [0.5, 0.6) is 0 Å². The minimum absolute atomic E-state index is 1.14. The quantitative estimate of drug-likeness (QED) is 0.144. The summed E-state index contributed by atoms with van der Waals surface area (Å²) in [6.07, 6.45) is 0. The average molecular weight is 823 g/mol. The molecule has 0 saturated heterocycles. The molecule has 0 saturated carbocycles. The summed E-state index contributed by atoms with van der Waals surface area (Å²) in [6, 6.07) is 93.8. The Kier molecular flexibility index (Phi) is 8.95. The molecule has 0 bridgehead atoms. The number of hydrogen-bond donors (Lipinski definition) is 0. The second kappa shape index (κ2) is 15.3. The van der Waals surface area contributed by atoms with Crippen molar-refractivity contribution in [2.45, 2.75) is 19.6 Å². The van der Waals surface area contributed by atoms with Crippen LogP contribution in [-0.2, 0) is 0 Å². The first-order valence-corrected chi connectivity index (χ1v) is 23.2. The number of hydrogen-bond acceptors (Lipinski definition) is 0. The Labute approximate surface area is 368 Å². The molecule has 0 radical (unpaired) electrons. The van der Waals surface area contributed by atoms with Crippen molar-refractivity contribution in [1.29, 1.82) is 0 Å². The molecular formula is C60H42N2S. The molecule has 2 nitrogen and oxygen atoms in total. The molecule has 3 heteroatoms. The third-order valence-electron chi connectivity index (χ3n) is 12.6. The first-order chi connectivity index (χ1) is 31.3. The molecule has 0 aliphatic heterocycles. The van der Waals surface area contributed by atoms with Gasteiger partial charge in [0.05, 0.1) is 22.1 Å². The summed E-state index contributed by atoms with van der Waals surface area (Å²) < 4.78 is 4.92. The van der Waals surface area contributed by atoms with E-state index in [9.17, 15) is 0 Å². The summed E-state index contributed by atoms with van der Waals surface area (Å²) in [4.78, 5) is 5.22. The molecule has 0 spiro atoms. The van der Waals surface area contributed by atoms with Crippen molar-refractivity contribution in [2.24, 2.45) is 0 Å². The van der Waals surface area contributed by atoms with Crippen LogP contribution in [0.3, 0.4) is 0 Å². The van der Waals surface area contributed by atoms with Crippen molar-refractivity contribution in [3.8, 4) is 33.6 Å². The number of fused-ring (bicyclic) bond motifs is 6. The highest BCUT2D eigenvalue weighted by molar-refractivity contribution is 8.34. The molecule has 10 aromatic carbocycles. The normalized spacial score (nSPS) is 12.1. The number of benzene rings is 10. The molecule has 12 rings (SSSR count). The van der Waals surface area contributed by atoms with E-state index in [0.29, 0.717) is 0 Å². The van der Waals surface area contributed by atoms with Gasteiger partial charge >= 0.3 is 0 Å². The predicted octanol–water partition coefficient (Wildman–Crippen LogP) is 16.6. The second-order valence-corrected chi connectivity index (χ2v) is 19.2. The molecule has 298 valence electrons. The maximum Gasteiger partial charge on any atom is 0.0542 e. The van der Waals surface area contributed by atoms with Gasteiger partial charge in [0.1, 0.15) is 0 Å². The molecule has 0 aliphatic rings. The predicted molar refractivity (Wildman–Crippen MR) is 266 cm³/mol. The van der Waals surface area contributed by atoms with E-state index in [4.69, 9.17) is 0 Å². The van der Waals surface area contributed by atoms with Crippen molar-refractivity contribution < 1.29 is 0 Å². The number of rotatable bonds is 8. The zero-order chi connectivity index (χ0) is 41.7. The fraction of sp³-hybridized carbons (Fsp3) is 0. The van der Waals surface area contributed by atoms with Crippen molar-refractivity contribution in [3.05, 3.63) is 255 Å². The molecule has 0 atom stereocenters. The first kappa shape index (κ1) is 37.0. The van der Waals surface area contributed by atoms with Crippen LogP contribution < -0.4 is 0 Å². The van der Waals surface area contributed by atoms with E-state index in [1.807, 2.05) is 0 Å². The van der Waals surface area contributed by atoms with Crippen LogP contribution in [0.4, 0.5) is 0 Å². The van der Waals surface area contributed by atoms with Gasteiger partial charge in [0.25, 0.3) is 0 Å². The second-order valence-electron chi connectivity index (χ2n) is 16.1. The summed E-state index contributed by atoms with van der Waals surface area (Å²) in [5.41, 5.74) is 11.9. The van der Waals surface area contributed by atoms with E-state index in [2.05, 4.69) is 264 Å². The van der Waals surface area contributed by atoms with Gasteiger partial charge in [0.2, 0.25) is 0 Å². The van der Waals surface area contributed by atoms with Crippen molar-refractivity contribution >= 4 is 53.6 Å². The maximum absolute atomic E-state index is 2.47. The summed E-state index contributed by atoms with van der Waals surface area (Å²) in [5.74, 6) is 0. The lowest BCUT2D eigenvalue weighted by atomic mass is 10.0. The Morgan fingerprint density at radius 2 is 0.603 bits per heavy atom. The largest absolute Gasteiger partial charge is 0.309 e. The Hall–Kier alpha value is -7.85. The minimum atomic E-state index is -1.87. The van der Waals surface area contributed by atoms with Crippen molar-refractivity contribution in [3.63, 3.8) is 0 Å². The highest BCUT2D eigenvalue weighted by atomic mass is 32.3. The highest BCUT2D eigenvalue weighted by Crippen LogP contribution is 2.73. The Balaban J connectivity index is 1.07. The van der Waals surface area contributed by atoms with E-state index < -0.39 is 10.0 Å². The molecule has 12 aromatic rings. The van der Waals surface area contributed by atoms with E-state index >= 15 is 0 Å². The molecule has 63 heavy (non-hydrogen) atoms. The third-order valence-corrected chi connectivity index (χ3v) is 16.5. The monoisotopic (exact) mass is 822 g/mol. The third kappa shape index (κ3) is 6.04. The Bertz CT molecular complexity index is 3400. The van der Waals surface area contributed by atoms with Gasteiger partial charge in [-0.2, -0.15) is 0 Å². The molecule has 0 aliphatic carbocycles. The molecule has 0 N–H and O–H groups in total. The van der Waals surface area contributed by atoms with Gasteiger partial charge in [0, 0.05) is 52.5 Å². The van der Waals surface area contributed by atoms with Gasteiger partial charge in [0.15, 0.2) is 0 Å². The van der Waals surface area contributed by atoms with Crippen LogP contribution >= 0.6 is 10.0 Å². The number of nitrogens with zero attached hydrogens (tertiary/aromatic N) is 2. The van der Waals surface area contributed by atoms with Crippen LogP contribution in [-0.4, -0.2) is 9.13 Å². The van der Waals surface area contributed by atoms with E-state index in [-0.39, 0.29) is 0 Å². The first-order valence-electron chi connectivity index (χ1n) is 21.6. The molecule has 2 heterocycles.